The Bertz CT molecular complexity index is 1250. The molecule has 4 rings (SSSR count). The van der Waals surface area contributed by atoms with E-state index in [-0.39, 0.29) is 5.02 Å². The standard InChI is InChI=1S/C21H14ClFIN5O/c22-17-10-15(5-6-18(17)23)29-21(30)28-14-3-1-2-13(9-14)27-20-16-8-12(24)4-7-19(16)25-11-26-20/h1-11H,(H,25,26,27)(H2,28,29,30). The van der Waals surface area contributed by atoms with Gasteiger partial charge in [-0.15, -0.1) is 0 Å². The van der Waals surface area contributed by atoms with E-state index in [9.17, 15) is 9.18 Å². The Morgan fingerprint density at radius 2 is 1.70 bits per heavy atom. The monoisotopic (exact) mass is 533 g/mol. The number of aromatic nitrogens is 2. The van der Waals surface area contributed by atoms with E-state index in [1.807, 2.05) is 24.3 Å². The van der Waals surface area contributed by atoms with Crippen molar-refractivity contribution >= 4 is 74.0 Å². The van der Waals surface area contributed by atoms with Gasteiger partial charge in [0.15, 0.2) is 0 Å². The third-order valence-corrected chi connectivity index (χ3v) is 5.12. The number of carbonyl (C=O) groups is 1. The molecule has 0 unspecified atom stereocenters. The first kappa shape index (κ1) is 20.3. The first-order valence-electron chi connectivity index (χ1n) is 8.78. The molecule has 0 radical (unpaired) electrons. The topological polar surface area (TPSA) is 78.9 Å². The summed E-state index contributed by atoms with van der Waals surface area (Å²) in [6.07, 6.45) is 1.50. The lowest BCUT2D eigenvalue weighted by Crippen LogP contribution is -2.19. The minimum Gasteiger partial charge on any atom is -0.340 e. The Hall–Kier alpha value is -2.98. The van der Waals surface area contributed by atoms with Gasteiger partial charge in [0.25, 0.3) is 0 Å². The maximum atomic E-state index is 13.2. The van der Waals surface area contributed by atoms with Crippen molar-refractivity contribution in [1.82, 2.24) is 9.97 Å². The summed E-state index contributed by atoms with van der Waals surface area (Å²) in [5, 5.41) is 9.45. The highest BCUT2D eigenvalue weighted by Crippen LogP contribution is 2.26. The molecule has 1 aromatic heterocycles. The number of carbonyl (C=O) groups excluding carboxylic acids is 1. The highest BCUT2D eigenvalue weighted by Gasteiger charge is 2.08. The van der Waals surface area contributed by atoms with E-state index < -0.39 is 11.8 Å². The van der Waals surface area contributed by atoms with Crippen molar-refractivity contribution in [2.24, 2.45) is 0 Å². The quantitative estimate of drug-likeness (QED) is 0.265. The van der Waals surface area contributed by atoms with Crippen molar-refractivity contribution in [3.63, 3.8) is 0 Å². The number of anilines is 4. The van der Waals surface area contributed by atoms with Gasteiger partial charge in [0, 0.05) is 26.0 Å². The van der Waals surface area contributed by atoms with Crippen LogP contribution in [0.1, 0.15) is 0 Å². The molecule has 0 saturated carbocycles. The zero-order valence-corrected chi connectivity index (χ0v) is 18.2. The van der Waals surface area contributed by atoms with Crippen LogP contribution in [0.4, 0.5) is 32.1 Å². The number of benzene rings is 3. The van der Waals surface area contributed by atoms with Crippen LogP contribution < -0.4 is 16.0 Å². The zero-order chi connectivity index (χ0) is 21.1. The van der Waals surface area contributed by atoms with Crippen LogP contribution in [0.2, 0.25) is 5.02 Å². The molecule has 0 aliphatic carbocycles. The van der Waals surface area contributed by atoms with Gasteiger partial charge in [0.05, 0.1) is 10.5 Å². The molecule has 0 atom stereocenters. The highest BCUT2D eigenvalue weighted by atomic mass is 127. The lowest BCUT2D eigenvalue weighted by atomic mass is 10.2. The normalized spacial score (nSPS) is 10.6. The fourth-order valence-corrected chi connectivity index (χ4v) is 3.48. The Kier molecular flexibility index (Phi) is 5.96. The Labute approximate surface area is 190 Å². The number of urea groups is 1. The molecule has 0 fully saturated rings. The smallest absolute Gasteiger partial charge is 0.323 e. The summed E-state index contributed by atoms with van der Waals surface area (Å²) in [4.78, 5) is 20.9. The molecule has 150 valence electrons. The summed E-state index contributed by atoms with van der Waals surface area (Å²) in [6, 6.07) is 16.6. The molecule has 0 saturated heterocycles. The molecule has 0 aliphatic heterocycles. The average molecular weight is 534 g/mol. The minimum absolute atomic E-state index is 0.0641. The maximum absolute atomic E-state index is 13.2. The van der Waals surface area contributed by atoms with Crippen molar-refractivity contribution in [3.8, 4) is 0 Å². The molecule has 2 amide bonds. The molecule has 3 aromatic carbocycles. The van der Waals surface area contributed by atoms with Gasteiger partial charge in [-0.2, -0.15) is 0 Å². The first-order valence-corrected chi connectivity index (χ1v) is 10.2. The predicted octanol–water partition coefficient (Wildman–Crippen LogP) is 6.41. The minimum atomic E-state index is -0.548. The molecule has 30 heavy (non-hydrogen) atoms. The summed E-state index contributed by atoms with van der Waals surface area (Å²) >= 11 is 7.98. The SMILES string of the molecule is O=C(Nc1cccc(Nc2ncnc3ccc(I)cc23)c1)Nc1ccc(F)c(Cl)c1. The van der Waals surface area contributed by atoms with Gasteiger partial charge in [-0.1, -0.05) is 17.7 Å². The molecular weight excluding hydrogens is 520 g/mol. The lowest BCUT2D eigenvalue weighted by molar-refractivity contribution is 0.262. The fraction of sp³-hybridized carbons (Fsp3) is 0. The third kappa shape index (κ3) is 4.77. The van der Waals surface area contributed by atoms with E-state index in [1.165, 1.54) is 24.5 Å². The van der Waals surface area contributed by atoms with Gasteiger partial charge in [0.1, 0.15) is 18.0 Å². The second kappa shape index (κ2) is 8.80. The van der Waals surface area contributed by atoms with Crippen LogP contribution in [-0.2, 0) is 0 Å². The van der Waals surface area contributed by atoms with Crippen molar-refractivity contribution < 1.29 is 9.18 Å². The second-order valence-corrected chi connectivity index (χ2v) is 7.95. The second-order valence-electron chi connectivity index (χ2n) is 6.30. The molecular formula is C21H14ClFIN5O. The van der Waals surface area contributed by atoms with Gasteiger partial charge in [-0.05, 0) is 77.2 Å². The third-order valence-electron chi connectivity index (χ3n) is 4.16. The van der Waals surface area contributed by atoms with Gasteiger partial charge >= 0.3 is 6.03 Å². The van der Waals surface area contributed by atoms with Gasteiger partial charge in [-0.25, -0.2) is 19.2 Å². The molecule has 0 aliphatic rings. The van der Waals surface area contributed by atoms with Crippen LogP contribution in [0.15, 0.2) is 67.0 Å². The molecule has 6 nitrogen and oxygen atoms in total. The van der Waals surface area contributed by atoms with Crippen molar-refractivity contribution in [2.45, 2.75) is 0 Å². The van der Waals surface area contributed by atoms with E-state index in [2.05, 4.69) is 48.5 Å². The van der Waals surface area contributed by atoms with E-state index in [1.54, 1.807) is 18.2 Å². The Balaban J connectivity index is 1.50. The van der Waals surface area contributed by atoms with E-state index in [4.69, 9.17) is 11.6 Å². The zero-order valence-electron chi connectivity index (χ0n) is 15.3. The summed E-state index contributed by atoms with van der Waals surface area (Å²) in [5.41, 5.74) is 2.53. The Morgan fingerprint density at radius 1 is 0.933 bits per heavy atom. The number of fused-ring (bicyclic) bond motifs is 1. The van der Waals surface area contributed by atoms with Gasteiger partial charge in [0.2, 0.25) is 0 Å². The van der Waals surface area contributed by atoms with Crippen LogP contribution in [0.3, 0.4) is 0 Å². The summed E-state index contributed by atoms with van der Waals surface area (Å²) < 4.78 is 14.3. The number of rotatable bonds is 4. The maximum Gasteiger partial charge on any atom is 0.323 e. The van der Waals surface area contributed by atoms with Crippen LogP contribution in [0.5, 0.6) is 0 Å². The molecule has 0 bridgehead atoms. The highest BCUT2D eigenvalue weighted by molar-refractivity contribution is 14.1. The number of halogens is 3. The van der Waals surface area contributed by atoms with E-state index in [0.29, 0.717) is 17.2 Å². The molecule has 3 N–H and O–H groups in total. The van der Waals surface area contributed by atoms with Crippen LogP contribution in [0, 0.1) is 9.39 Å². The van der Waals surface area contributed by atoms with E-state index >= 15 is 0 Å². The van der Waals surface area contributed by atoms with Crippen molar-refractivity contribution in [1.29, 1.82) is 0 Å². The van der Waals surface area contributed by atoms with Crippen LogP contribution in [0.25, 0.3) is 10.9 Å². The summed E-state index contributed by atoms with van der Waals surface area (Å²) in [6.45, 7) is 0. The number of nitrogens with one attached hydrogen (secondary N) is 3. The van der Waals surface area contributed by atoms with Crippen molar-refractivity contribution in [2.75, 3.05) is 16.0 Å². The molecule has 1 heterocycles. The number of amides is 2. The lowest BCUT2D eigenvalue weighted by Gasteiger charge is -2.11. The molecule has 0 spiro atoms. The predicted molar refractivity (Wildman–Crippen MR) is 126 cm³/mol. The van der Waals surface area contributed by atoms with E-state index in [0.717, 1.165) is 20.2 Å². The molecule has 4 aromatic rings. The first-order chi connectivity index (χ1) is 14.5. The average Bonchev–Trinajstić information content (AvgIpc) is 2.71. The van der Waals surface area contributed by atoms with Gasteiger partial charge < -0.3 is 16.0 Å². The Morgan fingerprint density at radius 3 is 2.50 bits per heavy atom. The number of hydrogen-bond acceptors (Lipinski definition) is 4. The summed E-state index contributed by atoms with van der Waals surface area (Å²) in [5.74, 6) is 0.120. The largest absolute Gasteiger partial charge is 0.340 e. The van der Waals surface area contributed by atoms with Crippen molar-refractivity contribution in [3.05, 3.63) is 81.4 Å². The summed E-state index contributed by atoms with van der Waals surface area (Å²) in [7, 11) is 0. The van der Waals surface area contributed by atoms with Gasteiger partial charge in [-0.3, -0.25) is 0 Å². The van der Waals surface area contributed by atoms with Crippen LogP contribution in [-0.4, -0.2) is 16.0 Å². The molecule has 9 heteroatoms. The number of nitrogens with zero attached hydrogens (tertiary/aromatic N) is 2. The van der Waals surface area contributed by atoms with Crippen LogP contribution >= 0.6 is 34.2 Å². The number of hydrogen-bond donors (Lipinski definition) is 3. The fourth-order valence-electron chi connectivity index (χ4n) is 2.81.